The van der Waals surface area contributed by atoms with Crippen molar-refractivity contribution < 1.29 is 18.3 Å². The Balaban J connectivity index is 3.07. The van der Waals surface area contributed by atoms with E-state index in [-0.39, 0.29) is 5.56 Å². The molecule has 0 fully saturated rings. The lowest BCUT2D eigenvalue weighted by molar-refractivity contribution is -0.0296. The maximum absolute atomic E-state index is 12.8. The highest BCUT2D eigenvalue weighted by molar-refractivity contribution is 9.10. The van der Waals surface area contributed by atoms with E-state index >= 15 is 0 Å². The Labute approximate surface area is 95.2 Å². The van der Waals surface area contributed by atoms with E-state index in [2.05, 4.69) is 15.9 Å². The Morgan fingerprint density at radius 1 is 1.29 bits per heavy atom. The largest absolute Gasteiger partial charge is 0.381 e. The monoisotopic (exact) mass is 332 g/mol. The fourth-order valence-electron chi connectivity index (χ4n) is 0.922. The number of benzene rings is 1. The first kappa shape index (κ1) is 12.0. The van der Waals surface area contributed by atoms with Gasteiger partial charge in [-0.1, -0.05) is 15.9 Å². The zero-order valence-corrected chi connectivity index (χ0v) is 9.82. The van der Waals surface area contributed by atoms with Crippen molar-refractivity contribution in [1.29, 1.82) is 0 Å². The molecule has 0 aliphatic heterocycles. The first-order chi connectivity index (χ1) is 6.30. The van der Waals surface area contributed by atoms with Crippen LogP contribution in [0.15, 0.2) is 22.7 Å². The second kappa shape index (κ2) is 4.20. The normalized spacial score (nSPS) is 14.1. The molecule has 1 rings (SSSR count). The van der Waals surface area contributed by atoms with E-state index in [9.17, 15) is 13.2 Å². The Kier molecular flexibility index (Phi) is 3.60. The number of aliphatic hydroxyl groups excluding tert-OH is 1. The summed E-state index contributed by atoms with van der Waals surface area (Å²) < 4.78 is 38.3. The molecule has 0 saturated carbocycles. The van der Waals surface area contributed by atoms with Crippen LogP contribution >= 0.6 is 31.9 Å². The molecule has 14 heavy (non-hydrogen) atoms. The topological polar surface area (TPSA) is 20.2 Å². The van der Waals surface area contributed by atoms with E-state index in [0.717, 1.165) is 12.1 Å². The summed E-state index contributed by atoms with van der Waals surface area (Å²) in [5.41, 5.74) is -0.196. The maximum atomic E-state index is 12.8. The second-order valence-corrected chi connectivity index (χ2v) is 4.62. The summed E-state index contributed by atoms with van der Waals surface area (Å²) in [5, 5.41) is 9.12. The number of alkyl halides is 3. The molecule has 0 heterocycles. The van der Waals surface area contributed by atoms with E-state index in [1.807, 2.05) is 15.9 Å². The lowest BCUT2D eigenvalue weighted by atomic mass is 10.1. The third kappa shape index (κ3) is 2.96. The van der Waals surface area contributed by atoms with Crippen molar-refractivity contribution >= 4 is 31.9 Å². The lowest BCUT2D eigenvalue weighted by Gasteiger charge is -2.16. The van der Waals surface area contributed by atoms with Gasteiger partial charge in [0.2, 0.25) is 0 Å². The van der Waals surface area contributed by atoms with Gasteiger partial charge in [0, 0.05) is 4.47 Å². The summed E-state index contributed by atoms with van der Waals surface area (Å²) in [6, 6.07) is 3.19. The van der Waals surface area contributed by atoms with Crippen LogP contribution in [0.5, 0.6) is 0 Å². The molecular weight excluding hydrogens is 329 g/mol. The molecular formula is C8H5Br2F3O. The molecule has 1 aromatic carbocycles. The first-order valence-electron chi connectivity index (χ1n) is 3.51. The van der Waals surface area contributed by atoms with Crippen LogP contribution < -0.4 is 0 Å². The smallest absolute Gasteiger partial charge is 0.330 e. The van der Waals surface area contributed by atoms with Gasteiger partial charge in [0.05, 0.1) is 0 Å². The van der Waals surface area contributed by atoms with Gasteiger partial charge in [0.25, 0.3) is 0 Å². The highest BCUT2D eigenvalue weighted by atomic mass is 79.9. The van der Waals surface area contributed by atoms with Crippen molar-refractivity contribution in [2.75, 3.05) is 0 Å². The number of rotatable bonds is 2. The molecule has 1 atom stereocenters. The van der Waals surface area contributed by atoms with Gasteiger partial charge in [0.15, 0.2) is 6.10 Å². The SMILES string of the molecule is OC(c1cc(F)cc(Br)c1)C(F)(F)Br. The molecule has 1 N–H and O–H groups in total. The molecule has 0 bridgehead atoms. The fraction of sp³-hybridized carbons (Fsp3) is 0.250. The van der Waals surface area contributed by atoms with Crippen LogP contribution in [0.2, 0.25) is 0 Å². The quantitative estimate of drug-likeness (QED) is 0.820. The van der Waals surface area contributed by atoms with Gasteiger partial charge in [-0.05, 0) is 39.7 Å². The van der Waals surface area contributed by atoms with Crippen molar-refractivity contribution in [3.8, 4) is 0 Å². The Hall–Kier alpha value is -0.0700. The average Bonchev–Trinajstić information content (AvgIpc) is 1.99. The van der Waals surface area contributed by atoms with Crippen molar-refractivity contribution in [1.82, 2.24) is 0 Å². The van der Waals surface area contributed by atoms with Crippen LogP contribution in [0.4, 0.5) is 13.2 Å². The summed E-state index contributed by atoms with van der Waals surface area (Å²) in [6.45, 7) is 0. The molecule has 1 unspecified atom stereocenters. The van der Waals surface area contributed by atoms with Gasteiger partial charge in [0.1, 0.15) is 5.82 Å². The highest BCUT2D eigenvalue weighted by Crippen LogP contribution is 2.37. The Morgan fingerprint density at radius 3 is 2.29 bits per heavy atom. The minimum atomic E-state index is -3.47. The fourth-order valence-corrected chi connectivity index (χ4v) is 1.67. The van der Waals surface area contributed by atoms with Gasteiger partial charge in [-0.15, -0.1) is 0 Å². The van der Waals surface area contributed by atoms with E-state index in [4.69, 9.17) is 5.11 Å². The van der Waals surface area contributed by atoms with Crippen LogP contribution in [0.25, 0.3) is 0 Å². The van der Waals surface area contributed by atoms with Crippen molar-refractivity contribution in [3.05, 3.63) is 34.1 Å². The third-order valence-electron chi connectivity index (χ3n) is 1.51. The molecule has 6 heteroatoms. The summed E-state index contributed by atoms with van der Waals surface area (Å²) in [4.78, 5) is -3.47. The zero-order chi connectivity index (χ0) is 10.9. The minimum absolute atomic E-state index is 0.196. The summed E-state index contributed by atoms with van der Waals surface area (Å²) in [5.74, 6) is -0.690. The van der Waals surface area contributed by atoms with E-state index in [0.29, 0.717) is 4.47 Å². The van der Waals surface area contributed by atoms with Gasteiger partial charge in [-0.3, -0.25) is 0 Å². The molecule has 0 amide bonds. The lowest BCUT2D eigenvalue weighted by Crippen LogP contribution is -2.18. The summed E-state index contributed by atoms with van der Waals surface area (Å²) >= 11 is 4.95. The highest BCUT2D eigenvalue weighted by Gasteiger charge is 2.36. The van der Waals surface area contributed by atoms with Crippen LogP contribution in [0, 0.1) is 5.82 Å². The molecule has 1 aromatic rings. The number of hydrogen-bond acceptors (Lipinski definition) is 1. The predicted octanol–water partition coefficient (Wildman–Crippen LogP) is 3.61. The molecule has 0 radical (unpaired) electrons. The third-order valence-corrected chi connectivity index (χ3v) is 2.40. The molecule has 0 aromatic heterocycles. The number of halogens is 5. The second-order valence-electron chi connectivity index (χ2n) is 2.65. The standard InChI is InChI=1S/C8H5Br2F3O/c9-5-1-4(2-6(11)3-5)7(14)8(10,12)13/h1-3,7,14H. The van der Waals surface area contributed by atoms with Crippen LogP contribution in [0.1, 0.15) is 11.7 Å². The van der Waals surface area contributed by atoms with Crippen molar-refractivity contribution in [3.63, 3.8) is 0 Å². The average molecular weight is 334 g/mol. The minimum Gasteiger partial charge on any atom is -0.381 e. The zero-order valence-electron chi connectivity index (χ0n) is 6.65. The first-order valence-corrected chi connectivity index (χ1v) is 5.10. The van der Waals surface area contributed by atoms with E-state index < -0.39 is 16.8 Å². The van der Waals surface area contributed by atoms with E-state index in [1.165, 1.54) is 6.07 Å². The Bertz CT molecular complexity index is 318. The molecule has 0 aliphatic carbocycles. The molecule has 1 nitrogen and oxygen atoms in total. The number of hydrogen-bond donors (Lipinski definition) is 1. The van der Waals surface area contributed by atoms with Crippen molar-refractivity contribution in [2.24, 2.45) is 0 Å². The molecule has 78 valence electrons. The van der Waals surface area contributed by atoms with Crippen molar-refractivity contribution in [2.45, 2.75) is 10.9 Å². The van der Waals surface area contributed by atoms with Gasteiger partial charge < -0.3 is 5.11 Å². The van der Waals surface area contributed by atoms with Crippen LogP contribution in [0.3, 0.4) is 0 Å². The molecule has 0 spiro atoms. The predicted molar refractivity (Wildman–Crippen MR) is 52.9 cm³/mol. The van der Waals surface area contributed by atoms with E-state index in [1.54, 1.807) is 0 Å². The number of aliphatic hydroxyl groups is 1. The van der Waals surface area contributed by atoms with Crippen LogP contribution in [-0.4, -0.2) is 9.94 Å². The molecule has 0 saturated heterocycles. The van der Waals surface area contributed by atoms with Gasteiger partial charge in [-0.2, -0.15) is 8.78 Å². The summed E-state index contributed by atoms with van der Waals surface area (Å²) in [6.07, 6.45) is -2.07. The maximum Gasteiger partial charge on any atom is 0.330 e. The Morgan fingerprint density at radius 2 is 1.86 bits per heavy atom. The summed E-state index contributed by atoms with van der Waals surface area (Å²) in [7, 11) is 0. The molecule has 0 aliphatic rings. The van der Waals surface area contributed by atoms with Crippen LogP contribution in [-0.2, 0) is 0 Å². The van der Waals surface area contributed by atoms with Gasteiger partial charge >= 0.3 is 4.83 Å². The van der Waals surface area contributed by atoms with Gasteiger partial charge in [-0.25, -0.2) is 4.39 Å².